The first-order valence-electron chi connectivity index (χ1n) is 8.68. The number of aromatic nitrogens is 2. The summed E-state index contributed by atoms with van der Waals surface area (Å²) in [7, 11) is 0. The minimum Gasteiger partial charge on any atom is -0.364 e. The molecule has 0 unspecified atom stereocenters. The van der Waals surface area contributed by atoms with Gasteiger partial charge in [-0.05, 0) is 59.5 Å². The van der Waals surface area contributed by atoms with Gasteiger partial charge in [0.25, 0.3) is 5.91 Å². The average Bonchev–Trinajstić information content (AvgIpc) is 2.98. The summed E-state index contributed by atoms with van der Waals surface area (Å²) < 4.78 is 1.77. The Morgan fingerprint density at radius 1 is 1.32 bits per heavy atom. The van der Waals surface area contributed by atoms with Crippen LogP contribution in [0.2, 0.25) is 5.02 Å². The SMILES string of the molecule is N=C(Br)/C=C\C=C\CCCCNC(=O)Cn1nc(C(N)=O)c2ccc(Cl)cc21. The van der Waals surface area contributed by atoms with Crippen molar-refractivity contribution in [2.75, 3.05) is 6.54 Å². The van der Waals surface area contributed by atoms with E-state index < -0.39 is 5.91 Å². The molecule has 0 bridgehead atoms. The highest BCUT2D eigenvalue weighted by Gasteiger charge is 2.16. The monoisotopic (exact) mass is 465 g/mol. The minimum atomic E-state index is -0.651. The molecular weight excluding hydrogens is 446 g/mol. The molecule has 0 atom stereocenters. The number of carbonyl (C=O) groups excluding carboxylic acids is 2. The van der Waals surface area contributed by atoms with Crippen LogP contribution >= 0.6 is 27.5 Å². The van der Waals surface area contributed by atoms with Crippen molar-refractivity contribution in [1.29, 1.82) is 5.41 Å². The molecule has 2 amide bonds. The lowest BCUT2D eigenvalue weighted by atomic mass is 10.2. The maximum Gasteiger partial charge on any atom is 0.269 e. The summed E-state index contributed by atoms with van der Waals surface area (Å²) >= 11 is 9.04. The second-order valence-electron chi connectivity index (χ2n) is 6.01. The number of nitrogens with one attached hydrogen (secondary N) is 2. The van der Waals surface area contributed by atoms with Gasteiger partial charge < -0.3 is 11.1 Å². The Bertz CT molecular complexity index is 936. The second kappa shape index (κ2) is 10.8. The fourth-order valence-corrected chi connectivity index (χ4v) is 2.89. The van der Waals surface area contributed by atoms with E-state index in [1.807, 2.05) is 12.2 Å². The number of unbranched alkanes of at least 4 members (excludes halogenated alkanes) is 2. The summed E-state index contributed by atoms with van der Waals surface area (Å²) in [5, 5.41) is 15.2. The Hall–Kier alpha value is -2.45. The molecule has 2 aromatic rings. The van der Waals surface area contributed by atoms with Crippen molar-refractivity contribution >= 4 is 54.9 Å². The van der Waals surface area contributed by atoms with Crippen molar-refractivity contribution in [3.63, 3.8) is 0 Å². The fraction of sp³-hybridized carbons (Fsp3) is 0.263. The topological polar surface area (TPSA) is 114 Å². The summed E-state index contributed by atoms with van der Waals surface area (Å²) in [6.07, 6.45) is 10.00. The first-order valence-corrected chi connectivity index (χ1v) is 9.85. The number of fused-ring (bicyclic) bond motifs is 1. The maximum absolute atomic E-state index is 12.2. The van der Waals surface area contributed by atoms with Crippen LogP contribution in [0.5, 0.6) is 0 Å². The molecule has 0 aliphatic heterocycles. The molecule has 2 rings (SSSR count). The van der Waals surface area contributed by atoms with Gasteiger partial charge in [-0.25, -0.2) is 0 Å². The summed E-state index contributed by atoms with van der Waals surface area (Å²) in [6, 6.07) is 4.97. The van der Waals surface area contributed by atoms with Crippen molar-refractivity contribution in [1.82, 2.24) is 15.1 Å². The number of nitrogens with zero attached hydrogens (tertiary/aromatic N) is 2. The minimum absolute atomic E-state index is 0.0205. The number of hydrogen-bond donors (Lipinski definition) is 3. The molecule has 0 spiro atoms. The van der Waals surface area contributed by atoms with Crippen molar-refractivity contribution in [3.05, 3.63) is 53.2 Å². The molecule has 4 N–H and O–H groups in total. The van der Waals surface area contributed by atoms with Crippen LogP contribution in [0, 0.1) is 5.41 Å². The van der Waals surface area contributed by atoms with Gasteiger partial charge in [0.1, 0.15) is 6.54 Å². The Morgan fingerprint density at radius 3 is 2.82 bits per heavy atom. The standard InChI is InChI=1S/C19H21BrClN5O2/c20-16(22)7-5-3-1-2-4-6-10-24-17(27)12-26-15-11-13(21)8-9-14(15)18(25-26)19(23)28/h1,3,5,7-9,11,22H,2,4,6,10,12H2,(H2,23,28)(H,24,27)/b3-1+,7-5-,22-16?. The average molecular weight is 467 g/mol. The third-order valence-corrected chi connectivity index (χ3v) is 4.35. The van der Waals surface area contributed by atoms with Crippen LogP contribution in [-0.2, 0) is 11.3 Å². The Kier molecular flexibility index (Phi) is 8.41. The number of primary amides is 1. The zero-order chi connectivity index (χ0) is 20.5. The van der Waals surface area contributed by atoms with E-state index in [-0.39, 0.29) is 18.1 Å². The summed E-state index contributed by atoms with van der Waals surface area (Å²) in [5.41, 5.74) is 6.07. The van der Waals surface area contributed by atoms with E-state index in [1.54, 1.807) is 30.4 Å². The van der Waals surface area contributed by atoms with Gasteiger partial charge in [0.05, 0.1) is 10.1 Å². The van der Waals surface area contributed by atoms with Crippen LogP contribution < -0.4 is 11.1 Å². The van der Waals surface area contributed by atoms with E-state index >= 15 is 0 Å². The molecule has 0 aliphatic rings. The highest BCUT2D eigenvalue weighted by Crippen LogP contribution is 2.22. The van der Waals surface area contributed by atoms with E-state index in [2.05, 4.69) is 26.3 Å². The predicted octanol–water partition coefficient (Wildman–Crippen LogP) is 3.56. The van der Waals surface area contributed by atoms with E-state index in [1.165, 1.54) is 4.68 Å². The van der Waals surface area contributed by atoms with Gasteiger partial charge in [-0.3, -0.25) is 19.7 Å². The van der Waals surface area contributed by atoms with Gasteiger partial charge in [0.15, 0.2) is 5.69 Å². The lowest BCUT2D eigenvalue weighted by Crippen LogP contribution is -2.29. The summed E-state index contributed by atoms with van der Waals surface area (Å²) in [5.74, 6) is -0.850. The number of carbonyl (C=O) groups is 2. The number of rotatable bonds is 10. The van der Waals surface area contributed by atoms with E-state index in [9.17, 15) is 9.59 Å². The molecule has 7 nitrogen and oxygen atoms in total. The van der Waals surface area contributed by atoms with Crippen LogP contribution in [0.15, 0.2) is 42.5 Å². The van der Waals surface area contributed by atoms with Crippen LogP contribution in [0.4, 0.5) is 0 Å². The molecule has 1 aromatic heterocycles. The van der Waals surface area contributed by atoms with Gasteiger partial charge in [0, 0.05) is 17.0 Å². The van der Waals surface area contributed by atoms with Crippen molar-refractivity contribution in [2.45, 2.75) is 25.8 Å². The fourth-order valence-electron chi connectivity index (χ4n) is 2.57. The molecular formula is C19H21BrClN5O2. The summed E-state index contributed by atoms with van der Waals surface area (Å²) in [6.45, 7) is 0.532. The molecule has 9 heteroatoms. The van der Waals surface area contributed by atoms with Crippen LogP contribution in [0.3, 0.4) is 0 Å². The molecule has 0 saturated heterocycles. The predicted molar refractivity (Wildman–Crippen MR) is 115 cm³/mol. The smallest absolute Gasteiger partial charge is 0.269 e. The third kappa shape index (κ3) is 6.61. The van der Waals surface area contributed by atoms with Crippen molar-refractivity contribution in [2.24, 2.45) is 5.73 Å². The molecule has 0 saturated carbocycles. The zero-order valence-electron chi connectivity index (χ0n) is 15.1. The van der Waals surface area contributed by atoms with Crippen LogP contribution in [0.1, 0.15) is 29.8 Å². The van der Waals surface area contributed by atoms with Crippen molar-refractivity contribution in [3.8, 4) is 0 Å². The van der Waals surface area contributed by atoms with Gasteiger partial charge in [-0.15, -0.1) is 0 Å². The molecule has 1 heterocycles. The quantitative estimate of drug-likeness (QED) is 0.282. The Balaban J connectivity index is 1.83. The maximum atomic E-state index is 12.2. The van der Waals surface area contributed by atoms with Crippen molar-refractivity contribution < 1.29 is 9.59 Å². The lowest BCUT2D eigenvalue weighted by Gasteiger charge is -2.06. The summed E-state index contributed by atoms with van der Waals surface area (Å²) in [4.78, 5) is 23.8. The highest BCUT2D eigenvalue weighted by atomic mass is 79.9. The molecule has 28 heavy (non-hydrogen) atoms. The molecule has 0 aliphatic carbocycles. The number of benzene rings is 1. The Labute approximate surface area is 176 Å². The molecule has 1 aromatic carbocycles. The zero-order valence-corrected chi connectivity index (χ0v) is 17.5. The molecule has 148 valence electrons. The first kappa shape index (κ1) is 21.8. The normalized spacial score (nSPS) is 11.5. The Morgan fingerprint density at radius 2 is 2.11 bits per heavy atom. The van der Waals surface area contributed by atoms with Gasteiger partial charge in [-0.1, -0.05) is 29.8 Å². The highest BCUT2D eigenvalue weighted by molar-refractivity contribution is 9.18. The number of allylic oxidation sites excluding steroid dienone is 4. The van der Waals surface area contributed by atoms with E-state index in [4.69, 9.17) is 22.7 Å². The lowest BCUT2D eigenvalue weighted by molar-refractivity contribution is -0.121. The first-order chi connectivity index (χ1) is 13.4. The second-order valence-corrected chi connectivity index (χ2v) is 7.30. The third-order valence-electron chi connectivity index (χ3n) is 3.85. The largest absolute Gasteiger partial charge is 0.364 e. The van der Waals surface area contributed by atoms with Crippen LogP contribution in [-0.4, -0.2) is 32.8 Å². The number of nitrogens with two attached hydrogens (primary N) is 1. The number of halogens is 2. The number of hydrogen-bond acceptors (Lipinski definition) is 4. The van der Waals surface area contributed by atoms with E-state index in [0.717, 1.165) is 19.3 Å². The van der Waals surface area contributed by atoms with Gasteiger partial charge in [-0.2, -0.15) is 5.10 Å². The molecule has 0 fully saturated rings. The van der Waals surface area contributed by atoms with Gasteiger partial charge >= 0.3 is 0 Å². The molecule has 0 radical (unpaired) electrons. The van der Waals surface area contributed by atoms with E-state index in [0.29, 0.717) is 27.1 Å². The van der Waals surface area contributed by atoms with Gasteiger partial charge in [0.2, 0.25) is 5.91 Å². The van der Waals surface area contributed by atoms with Crippen LogP contribution in [0.25, 0.3) is 10.9 Å². The number of amides is 2.